The van der Waals surface area contributed by atoms with E-state index in [-0.39, 0.29) is 17.2 Å². The number of hydrogen-bond acceptors (Lipinski definition) is 4. The van der Waals surface area contributed by atoms with Gasteiger partial charge in [0.15, 0.2) is 5.56 Å². The van der Waals surface area contributed by atoms with Gasteiger partial charge < -0.3 is 4.74 Å². The molecule has 0 aliphatic carbocycles. The molecule has 2 rings (SSSR count). The number of nitriles is 1. The fourth-order valence-corrected chi connectivity index (χ4v) is 1.68. The number of benzene rings is 1. The van der Waals surface area contributed by atoms with Crippen LogP contribution in [0, 0.1) is 17.1 Å². The molecule has 102 valence electrons. The molecule has 7 heteroatoms. The Morgan fingerprint density at radius 2 is 1.95 bits per heavy atom. The number of ether oxygens (including phenoxy) is 1. The summed E-state index contributed by atoms with van der Waals surface area (Å²) in [7, 11) is 2.62. The van der Waals surface area contributed by atoms with Gasteiger partial charge in [-0.15, -0.1) is 0 Å². The Labute approximate surface area is 112 Å². The molecule has 0 saturated heterocycles. The lowest BCUT2D eigenvalue weighted by Crippen LogP contribution is -2.38. The highest BCUT2D eigenvalue weighted by molar-refractivity contribution is 5.39. The van der Waals surface area contributed by atoms with Gasteiger partial charge in [0.25, 0.3) is 5.56 Å². The van der Waals surface area contributed by atoms with Crippen LogP contribution in [0.15, 0.2) is 33.9 Å². The summed E-state index contributed by atoms with van der Waals surface area (Å²) in [6, 6.07) is 6.87. The summed E-state index contributed by atoms with van der Waals surface area (Å²) >= 11 is 0. The Morgan fingerprint density at radius 1 is 1.25 bits per heavy atom. The molecular weight excluding hydrogens is 265 g/mol. The van der Waals surface area contributed by atoms with Crippen LogP contribution < -0.4 is 16.0 Å². The van der Waals surface area contributed by atoms with Crippen LogP contribution in [0.1, 0.15) is 5.56 Å². The first-order valence-corrected chi connectivity index (χ1v) is 5.59. The summed E-state index contributed by atoms with van der Waals surface area (Å²) in [6.45, 7) is 0. The number of hydrogen-bond donors (Lipinski definition) is 0. The van der Waals surface area contributed by atoms with E-state index in [2.05, 4.69) is 0 Å². The van der Waals surface area contributed by atoms with Gasteiger partial charge in [-0.1, -0.05) is 6.07 Å². The number of halogens is 1. The highest BCUT2D eigenvalue weighted by atomic mass is 19.1. The maximum Gasteiger partial charge on any atom is 0.333 e. The molecule has 0 fully saturated rings. The summed E-state index contributed by atoms with van der Waals surface area (Å²) in [5.74, 6) is -0.661. The molecule has 0 aliphatic rings. The van der Waals surface area contributed by atoms with Crippen LogP contribution in [0.4, 0.5) is 4.39 Å². The predicted octanol–water partition coefficient (Wildman–Crippen LogP) is 0.887. The fraction of sp³-hybridized carbons (Fsp3) is 0.154. The largest absolute Gasteiger partial charge is 0.439 e. The van der Waals surface area contributed by atoms with Crippen LogP contribution in [0.2, 0.25) is 0 Å². The van der Waals surface area contributed by atoms with Crippen molar-refractivity contribution in [2.45, 2.75) is 0 Å². The lowest BCUT2D eigenvalue weighted by molar-refractivity contribution is 0.418. The third kappa shape index (κ3) is 2.19. The molecule has 0 radical (unpaired) electrons. The van der Waals surface area contributed by atoms with Crippen molar-refractivity contribution in [2.75, 3.05) is 0 Å². The highest BCUT2D eigenvalue weighted by Crippen LogP contribution is 2.21. The van der Waals surface area contributed by atoms with Gasteiger partial charge in [0.05, 0.1) is 0 Å². The summed E-state index contributed by atoms with van der Waals surface area (Å²) < 4.78 is 20.2. The summed E-state index contributed by atoms with van der Waals surface area (Å²) in [5, 5.41) is 9.04. The third-order valence-corrected chi connectivity index (χ3v) is 2.73. The van der Waals surface area contributed by atoms with Gasteiger partial charge in [-0.3, -0.25) is 13.9 Å². The first-order chi connectivity index (χ1) is 9.45. The molecule has 0 N–H and O–H groups in total. The van der Waals surface area contributed by atoms with Gasteiger partial charge in [-0.05, 0) is 12.1 Å². The van der Waals surface area contributed by atoms with Crippen molar-refractivity contribution in [2.24, 2.45) is 14.1 Å². The Kier molecular flexibility index (Phi) is 3.39. The van der Waals surface area contributed by atoms with Gasteiger partial charge >= 0.3 is 5.69 Å². The monoisotopic (exact) mass is 275 g/mol. The lowest BCUT2D eigenvalue weighted by atomic mass is 10.3. The fourth-order valence-electron chi connectivity index (χ4n) is 1.68. The van der Waals surface area contributed by atoms with Crippen LogP contribution in [0.5, 0.6) is 11.6 Å². The second-order valence-electron chi connectivity index (χ2n) is 4.06. The molecule has 6 nitrogen and oxygen atoms in total. The van der Waals surface area contributed by atoms with Crippen molar-refractivity contribution in [3.63, 3.8) is 0 Å². The van der Waals surface area contributed by atoms with Gasteiger partial charge in [-0.25, -0.2) is 9.18 Å². The minimum Gasteiger partial charge on any atom is -0.439 e. The van der Waals surface area contributed by atoms with E-state index >= 15 is 0 Å². The SMILES string of the molecule is Cn1c(Oc2cccc(F)c2)c(C#N)c(=O)n(C)c1=O. The number of rotatable bonds is 2. The van der Waals surface area contributed by atoms with Crippen molar-refractivity contribution in [1.82, 2.24) is 9.13 Å². The second-order valence-corrected chi connectivity index (χ2v) is 4.06. The van der Waals surface area contributed by atoms with Crippen LogP contribution in [0.3, 0.4) is 0 Å². The predicted molar refractivity (Wildman–Crippen MR) is 68.1 cm³/mol. The van der Waals surface area contributed by atoms with E-state index in [1.165, 1.54) is 32.3 Å². The van der Waals surface area contributed by atoms with E-state index in [1.54, 1.807) is 6.07 Å². The van der Waals surface area contributed by atoms with Crippen molar-refractivity contribution < 1.29 is 9.13 Å². The smallest absolute Gasteiger partial charge is 0.333 e. The number of nitrogens with zero attached hydrogens (tertiary/aromatic N) is 3. The Morgan fingerprint density at radius 3 is 2.55 bits per heavy atom. The van der Waals surface area contributed by atoms with Crippen molar-refractivity contribution in [3.8, 4) is 17.7 Å². The van der Waals surface area contributed by atoms with E-state index in [0.29, 0.717) is 0 Å². The van der Waals surface area contributed by atoms with Crippen molar-refractivity contribution in [1.29, 1.82) is 5.26 Å². The van der Waals surface area contributed by atoms with Gasteiger partial charge in [0, 0.05) is 20.2 Å². The summed E-state index contributed by atoms with van der Waals surface area (Å²) in [6.07, 6.45) is 0. The molecule has 0 atom stereocenters. The molecule has 0 bridgehead atoms. The molecule has 0 unspecified atom stereocenters. The Bertz CT molecular complexity index is 830. The van der Waals surface area contributed by atoms with Crippen LogP contribution in [-0.4, -0.2) is 9.13 Å². The standard InChI is InChI=1S/C13H10FN3O3/c1-16-11(18)10(7-15)12(17(2)13(16)19)20-9-5-3-4-8(14)6-9/h3-6H,1-2H3. The molecule has 0 saturated carbocycles. The normalized spacial score (nSPS) is 10.1. The summed E-state index contributed by atoms with van der Waals surface area (Å²) in [4.78, 5) is 23.6. The van der Waals surface area contributed by atoms with Gasteiger partial charge in [-0.2, -0.15) is 5.26 Å². The highest BCUT2D eigenvalue weighted by Gasteiger charge is 2.17. The maximum absolute atomic E-state index is 13.1. The average Bonchev–Trinajstić information content (AvgIpc) is 2.43. The molecule has 1 aromatic carbocycles. The molecule has 0 spiro atoms. The zero-order chi connectivity index (χ0) is 14.9. The molecule has 0 aliphatic heterocycles. The van der Waals surface area contributed by atoms with E-state index in [1.807, 2.05) is 0 Å². The third-order valence-electron chi connectivity index (χ3n) is 2.73. The quantitative estimate of drug-likeness (QED) is 0.815. The molecule has 2 aromatic rings. The minimum atomic E-state index is -0.762. The average molecular weight is 275 g/mol. The van der Waals surface area contributed by atoms with E-state index in [0.717, 1.165) is 15.2 Å². The molecule has 0 amide bonds. The lowest BCUT2D eigenvalue weighted by Gasteiger charge is -2.12. The molecular formula is C13H10FN3O3. The molecule has 20 heavy (non-hydrogen) atoms. The van der Waals surface area contributed by atoms with Crippen LogP contribution >= 0.6 is 0 Å². The summed E-state index contributed by atoms with van der Waals surface area (Å²) in [5.41, 5.74) is -1.72. The van der Waals surface area contributed by atoms with Crippen LogP contribution in [0.25, 0.3) is 0 Å². The zero-order valence-electron chi connectivity index (χ0n) is 10.8. The van der Waals surface area contributed by atoms with Crippen molar-refractivity contribution in [3.05, 3.63) is 56.5 Å². The molecule has 1 heterocycles. The Hall–Kier alpha value is -2.88. The minimum absolute atomic E-state index is 0.0877. The van der Waals surface area contributed by atoms with E-state index in [4.69, 9.17) is 10.00 Å². The first-order valence-electron chi connectivity index (χ1n) is 5.59. The van der Waals surface area contributed by atoms with Gasteiger partial charge in [0.2, 0.25) is 5.88 Å². The van der Waals surface area contributed by atoms with Crippen molar-refractivity contribution >= 4 is 0 Å². The Balaban J connectivity index is 2.66. The first kappa shape index (κ1) is 13.5. The van der Waals surface area contributed by atoms with E-state index in [9.17, 15) is 14.0 Å². The van der Waals surface area contributed by atoms with Crippen LogP contribution in [-0.2, 0) is 14.1 Å². The zero-order valence-corrected chi connectivity index (χ0v) is 10.8. The topological polar surface area (TPSA) is 77.0 Å². The van der Waals surface area contributed by atoms with Gasteiger partial charge in [0.1, 0.15) is 17.6 Å². The van der Waals surface area contributed by atoms with E-state index < -0.39 is 17.1 Å². The number of aromatic nitrogens is 2. The maximum atomic E-state index is 13.1. The second kappa shape index (κ2) is 5.01. The molecule has 1 aromatic heterocycles.